The van der Waals surface area contributed by atoms with E-state index in [1.54, 1.807) is 12.3 Å². The van der Waals surface area contributed by atoms with Crippen LogP contribution in [0.5, 0.6) is 0 Å². The summed E-state index contributed by atoms with van der Waals surface area (Å²) in [6.45, 7) is 4.08. The van der Waals surface area contributed by atoms with Crippen LogP contribution in [-0.4, -0.2) is 56.5 Å². The third-order valence-corrected chi connectivity index (χ3v) is 4.64. The molecule has 1 aliphatic rings. The van der Waals surface area contributed by atoms with Gasteiger partial charge in [-0.2, -0.15) is 0 Å². The van der Waals surface area contributed by atoms with E-state index in [1.165, 1.54) is 0 Å². The molecule has 2 amide bonds. The summed E-state index contributed by atoms with van der Waals surface area (Å²) in [4.78, 5) is 28.5. The molecular weight excluding hydrogens is 344 g/mol. The lowest BCUT2D eigenvalue weighted by Crippen LogP contribution is -2.44. The third kappa shape index (κ3) is 5.86. The number of anilines is 2. The lowest BCUT2D eigenvalue weighted by atomic mass is 10.2. The van der Waals surface area contributed by atoms with E-state index in [4.69, 9.17) is 4.42 Å². The minimum Gasteiger partial charge on any atom is -0.469 e. The molecule has 0 unspecified atom stereocenters. The molecule has 2 heterocycles. The summed E-state index contributed by atoms with van der Waals surface area (Å²) in [5.74, 6) is 0.343. The topological polar surface area (TPSA) is 77.8 Å². The summed E-state index contributed by atoms with van der Waals surface area (Å²) in [6, 6.07) is 11.4. The van der Waals surface area contributed by atoms with Crippen molar-refractivity contribution in [3.05, 3.63) is 48.4 Å². The zero-order chi connectivity index (χ0) is 19.1. The number of hydrogen-bond acceptors (Lipinski definition) is 5. The van der Waals surface area contributed by atoms with E-state index >= 15 is 0 Å². The normalized spacial score (nSPS) is 14.8. The summed E-state index contributed by atoms with van der Waals surface area (Å²) >= 11 is 0. The van der Waals surface area contributed by atoms with Crippen molar-refractivity contribution in [3.8, 4) is 0 Å². The number of benzene rings is 1. The van der Waals surface area contributed by atoms with Gasteiger partial charge in [0.1, 0.15) is 5.76 Å². The highest BCUT2D eigenvalue weighted by Gasteiger charge is 2.14. The largest absolute Gasteiger partial charge is 0.469 e. The fraction of sp³-hybridized carbons (Fsp3) is 0.400. The maximum atomic E-state index is 12.0. The average Bonchev–Trinajstić information content (AvgIpc) is 3.20. The minimum absolute atomic E-state index is 0.0444. The van der Waals surface area contributed by atoms with Crippen molar-refractivity contribution in [2.45, 2.75) is 12.8 Å². The second-order valence-corrected chi connectivity index (χ2v) is 6.74. The Morgan fingerprint density at radius 2 is 1.78 bits per heavy atom. The lowest BCUT2D eigenvalue weighted by Gasteiger charge is -2.34. The molecule has 0 saturated carbocycles. The molecule has 2 aromatic rings. The second-order valence-electron chi connectivity index (χ2n) is 6.74. The van der Waals surface area contributed by atoms with Gasteiger partial charge in [-0.1, -0.05) is 0 Å². The van der Waals surface area contributed by atoms with Gasteiger partial charge in [0.25, 0.3) is 0 Å². The maximum absolute atomic E-state index is 12.0. The summed E-state index contributed by atoms with van der Waals surface area (Å²) in [6.07, 6.45) is 2.39. The van der Waals surface area contributed by atoms with Crippen LogP contribution in [0.3, 0.4) is 0 Å². The van der Waals surface area contributed by atoms with Crippen LogP contribution < -0.4 is 15.5 Å². The Kier molecular flexibility index (Phi) is 6.49. The first kappa shape index (κ1) is 19.0. The molecule has 0 atom stereocenters. The number of nitrogens with one attached hydrogen (secondary N) is 2. The maximum Gasteiger partial charge on any atom is 0.243 e. The molecule has 3 rings (SSSR count). The van der Waals surface area contributed by atoms with Gasteiger partial charge in [-0.05, 0) is 43.4 Å². The fourth-order valence-electron chi connectivity index (χ4n) is 2.98. The van der Waals surface area contributed by atoms with E-state index in [9.17, 15) is 9.59 Å². The predicted molar refractivity (Wildman–Crippen MR) is 105 cm³/mol. The van der Waals surface area contributed by atoms with E-state index in [0.29, 0.717) is 12.8 Å². The first-order chi connectivity index (χ1) is 13.1. The first-order valence-corrected chi connectivity index (χ1v) is 9.22. The van der Waals surface area contributed by atoms with Crippen LogP contribution in [-0.2, 0) is 16.0 Å². The van der Waals surface area contributed by atoms with Crippen molar-refractivity contribution in [3.63, 3.8) is 0 Å². The van der Waals surface area contributed by atoms with Gasteiger partial charge in [-0.15, -0.1) is 0 Å². The Morgan fingerprint density at radius 3 is 2.44 bits per heavy atom. The average molecular weight is 370 g/mol. The zero-order valence-electron chi connectivity index (χ0n) is 15.6. The molecule has 1 aliphatic heterocycles. The highest BCUT2D eigenvalue weighted by Crippen LogP contribution is 2.19. The number of piperazine rings is 1. The Bertz CT molecular complexity index is 735. The molecule has 1 aromatic carbocycles. The standard InChI is InChI=1S/C20H26N4O3/c1-23-10-12-24(13-11-23)17-6-4-16(5-7-17)22-20(26)15-21-19(25)9-8-18-3-2-14-27-18/h2-7,14H,8-13,15H2,1H3,(H,21,25)(H,22,26). The van der Waals surface area contributed by atoms with Crippen LogP contribution in [0.1, 0.15) is 12.2 Å². The smallest absolute Gasteiger partial charge is 0.243 e. The molecular formula is C20H26N4O3. The molecule has 7 nitrogen and oxygen atoms in total. The van der Waals surface area contributed by atoms with Crippen LogP contribution in [0.15, 0.2) is 47.1 Å². The Morgan fingerprint density at radius 1 is 1.04 bits per heavy atom. The molecule has 1 aromatic heterocycles. The Hall–Kier alpha value is -2.80. The van der Waals surface area contributed by atoms with E-state index in [0.717, 1.165) is 43.3 Å². The van der Waals surface area contributed by atoms with Gasteiger partial charge in [0, 0.05) is 50.4 Å². The Balaban J connectivity index is 1.39. The second kappa shape index (κ2) is 9.23. The SMILES string of the molecule is CN1CCN(c2ccc(NC(=O)CNC(=O)CCc3ccco3)cc2)CC1. The number of hydrogen-bond donors (Lipinski definition) is 2. The fourth-order valence-corrected chi connectivity index (χ4v) is 2.98. The highest BCUT2D eigenvalue weighted by molar-refractivity contribution is 5.94. The van der Waals surface area contributed by atoms with Gasteiger partial charge in [0.2, 0.25) is 11.8 Å². The minimum atomic E-state index is -0.242. The summed E-state index contributed by atoms with van der Waals surface area (Å²) in [5.41, 5.74) is 1.88. The van der Waals surface area contributed by atoms with Crippen molar-refractivity contribution in [2.75, 3.05) is 50.0 Å². The van der Waals surface area contributed by atoms with Crippen molar-refractivity contribution in [1.82, 2.24) is 10.2 Å². The quantitative estimate of drug-likeness (QED) is 0.776. The molecule has 0 radical (unpaired) electrons. The number of rotatable bonds is 7. The number of nitrogens with zero attached hydrogens (tertiary/aromatic N) is 2. The van der Waals surface area contributed by atoms with Gasteiger partial charge >= 0.3 is 0 Å². The predicted octanol–water partition coefficient (Wildman–Crippen LogP) is 1.72. The van der Waals surface area contributed by atoms with E-state index in [1.807, 2.05) is 30.3 Å². The lowest BCUT2D eigenvalue weighted by molar-refractivity contribution is -0.124. The number of aryl methyl sites for hydroxylation is 1. The number of likely N-dealkylation sites (N-methyl/N-ethyl adjacent to an activating group) is 1. The van der Waals surface area contributed by atoms with Crippen LogP contribution in [0, 0.1) is 0 Å². The van der Waals surface area contributed by atoms with Crippen LogP contribution in [0.25, 0.3) is 0 Å². The zero-order valence-corrected chi connectivity index (χ0v) is 15.6. The molecule has 1 saturated heterocycles. The van der Waals surface area contributed by atoms with Crippen molar-refractivity contribution >= 4 is 23.2 Å². The van der Waals surface area contributed by atoms with Gasteiger partial charge in [-0.3, -0.25) is 9.59 Å². The number of carbonyl (C=O) groups excluding carboxylic acids is 2. The Labute approximate surface area is 159 Å². The molecule has 144 valence electrons. The number of carbonyl (C=O) groups is 2. The first-order valence-electron chi connectivity index (χ1n) is 9.22. The highest BCUT2D eigenvalue weighted by atomic mass is 16.3. The van der Waals surface area contributed by atoms with E-state index < -0.39 is 0 Å². The number of furan rings is 1. The molecule has 0 aliphatic carbocycles. The van der Waals surface area contributed by atoms with Crippen LogP contribution in [0.2, 0.25) is 0 Å². The summed E-state index contributed by atoms with van der Waals surface area (Å²) in [5, 5.41) is 5.43. The van der Waals surface area contributed by atoms with Gasteiger partial charge in [-0.25, -0.2) is 0 Å². The summed E-state index contributed by atoms with van der Waals surface area (Å²) in [7, 11) is 2.13. The van der Waals surface area contributed by atoms with Crippen molar-refractivity contribution in [1.29, 1.82) is 0 Å². The van der Waals surface area contributed by atoms with Crippen molar-refractivity contribution in [2.24, 2.45) is 0 Å². The molecule has 7 heteroatoms. The van der Waals surface area contributed by atoms with Crippen molar-refractivity contribution < 1.29 is 14.0 Å². The molecule has 0 bridgehead atoms. The van der Waals surface area contributed by atoms with E-state index in [2.05, 4.69) is 27.5 Å². The van der Waals surface area contributed by atoms with Crippen LogP contribution >= 0.6 is 0 Å². The van der Waals surface area contributed by atoms with Gasteiger partial charge in [0.15, 0.2) is 0 Å². The number of amides is 2. The third-order valence-electron chi connectivity index (χ3n) is 4.64. The summed E-state index contributed by atoms with van der Waals surface area (Å²) < 4.78 is 5.18. The van der Waals surface area contributed by atoms with Gasteiger partial charge < -0.3 is 24.9 Å². The molecule has 0 spiro atoms. The molecule has 1 fully saturated rings. The molecule has 2 N–H and O–H groups in total. The van der Waals surface area contributed by atoms with Gasteiger partial charge in [0.05, 0.1) is 12.8 Å². The molecule has 27 heavy (non-hydrogen) atoms. The van der Waals surface area contributed by atoms with Crippen LogP contribution in [0.4, 0.5) is 11.4 Å². The monoisotopic (exact) mass is 370 g/mol. The van der Waals surface area contributed by atoms with E-state index in [-0.39, 0.29) is 18.4 Å².